The molecule has 2 aromatic heterocycles. The zero-order valence-electron chi connectivity index (χ0n) is 14.0. The SMILES string of the molecule is Cn1c(SCCCN2C(=O)c3ccccc3C2=O)nc2ccsc2c1=O. The monoisotopic (exact) mass is 385 g/mol. The molecule has 2 amide bonds. The van der Waals surface area contributed by atoms with Crippen LogP contribution in [0, 0.1) is 0 Å². The van der Waals surface area contributed by atoms with Crippen molar-refractivity contribution in [2.45, 2.75) is 11.6 Å². The summed E-state index contributed by atoms with van der Waals surface area (Å²) >= 11 is 2.85. The minimum atomic E-state index is -0.235. The van der Waals surface area contributed by atoms with Gasteiger partial charge in [0.2, 0.25) is 0 Å². The second-order valence-corrected chi connectivity index (χ2v) is 7.88. The molecule has 1 aromatic carbocycles. The molecule has 0 atom stereocenters. The van der Waals surface area contributed by atoms with Gasteiger partial charge in [-0.15, -0.1) is 11.3 Å². The van der Waals surface area contributed by atoms with Crippen LogP contribution in [-0.4, -0.2) is 38.6 Å². The van der Waals surface area contributed by atoms with E-state index in [1.807, 2.05) is 11.4 Å². The number of benzene rings is 1. The number of fused-ring (bicyclic) bond motifs is 2. The largest absolute Gasteiger partial charge is 0.290 e. The second-order valence-electron chi connectivity index (χ2n) is 5.90. The van der Waals surface area contributed by atoms with Crippen LogP contribution in [0.25, 0.3) is 10.2 Å². The summed E-state index contributed by atoms with van der Waals surface area (Å²) in [5.41, 5.74) is 1.60. The fourth-order valence-corrected chi connectivity index (χ4v) is 4.63. The molecule has 26 heavy (non-hydrogen) atoms. The molecule has 0 fully saturated rings. The Kier molecular flexibility index (Phi) is 4.37. The molecule has 3 aromatic rings. The highest BCUT2D eigenvalue weighted by Crippen LogP contribution is 2.24. The Morgan fingerprint density at radius 2 is 1.77 bits per heavy atom. The molecule has 132 valence electrons. The van der Waals surface area contributed by atoms with Crippen LogP contribution in [0.3, 0.4) is 0 Å². The van der Waals surface area contributed by atoms with E-state index in [1.54, 1.807) is 35.9 Å². The zero-order valence-corrected chi connectivity index (χ0v) is 15.6. The van der Waals surface area contributed by atoms with Gasteiger partial charge in [0.15, 0.2) is 5.16 Å². The molecule has 0 spiro atoms. The zero-order chi connectivity index (χ0) is 18.3. The normalized spacial score (nSPS) is 13.7. The predicted octanol–water partition coefficient (Wildman–Crippen LogP) is 2.77. The van der Waals surface area contributed by atoms with E-state index in [9.17, 15) is 14.4 Å². The maximum Gasteiger partial charge on any atom is 0.271 e. The number of carbonyl (C=O) groups is 2. The summed E-state index contributed by atoms with van der Waals surface area (Å²) in [6, 6.07) is 8.72. The molecule has 1 aliphatic heterocycles. The quantitative estimate of drug-likeness (QED) is 0.292. The molecule has 0 bridgehead atoms. The van der Waals surface area contributed by atoms with Gasteiger partial charge in [0, 0.05) is 19.3 Å². The molecule has 0 radical (unpaired) electrons. The molecular formula is C18H15N3O3S2. The number of imide groups is 1. The molecule has 3 heterocycles. The van der Waals surface area contributed by atoms with Gasteiger partial charge in [-0.2, -0.15) is 0 Å². The highest BCUT2D eigenvalue weighted by molar-refractivity contribution is 7.99. The summed E-state index contributed by atoms with van der Waals surface area (Å²) in [6.45, 7) is 0.355. The van der Waals surface area contributed by atoms with Crippen LogP contribution in [0.2, 0.25) is 0 Å². The Bertz CT molecular complexity index is 1050. The molecule has 6 nitrogen and oxygen atoms in total. The van der Waals surface area contributed by atoms with Gasteiger partial charge in [-0.3, -0.25) is 23.9 Å². The molecule has 8 heteroatoms. The summed E-state index contributed by atoms with van der Waals surface area (Å²) in [6.07, 6.45) is 0.633. The average molecular weight is 385 g/mol. The van der Waals surface area contributed by atoms with Crippen molar-refractivity contribution >= 4 is 45.1 Å². The smallest absolute Gasteiger partial charge is 0.271 e. The molecule has 0 saturated carbocycles. The summed E-state index contributed by atoms with van der Waals surface area (Å²) < 4.78 is 2.20. The minimum Gasteiger partial charge on any atom is -0.290 e. The lowest BCUT2D eigenvalue weighted by molar-refractivity contribution is 0.0655. The lowest BCUT2D eigenvalue weighted by Crippen LogP contribution is -2.31. The number of rotatable bonds is 5. The van der Waals surface area contributed by atoms with Gasteiger partial charge in [-0.1, -0.05) is 23.9 Å². The lowest BCUT2D eigenvalue weighted by atomic mass is 10.1. The van der Waals surface area contributed by atoms with Gasteiger partial charge in [0.25, 0.3) is 17.4 Å². The first-order valence-corrected chi connectivity index (χ1v) is 9.96. The van der Waals surface area contributed by atoms with Crippen molar-refractivity contribution < 1.29 is 9.59 Å². The third-order valence-electron chi connectivity index (χ3n) is 4.28. The highest BCUT2D eigenvalue weighted by Gasteiger charge is 2.34. The maximum absolute atomic E-state index is 12.3. The molecule has 1 aliphatic rings. The second kappa shape index (κ2) is 6.69. The number of carbonyl (C=O) groups excluding carboxylic acids is 2. The number of aromatic nitrogens is 2. The van der Waals surface area contributed by atoms with E-state index in [4.69, 9.17) is 0 Å². The molecule has 0 aliphatic carbocycles. The summed E-state index contributed by atoms with van der Waals surface area (Å²) in [7, 11) is 1.71. The van der Waals surface area contributed by atoms with Gasteiger partial charge < -0.3 is 0 Å². The van der Waals surface area contributed by atoms with Crippen molar-refractivity contribution in [1.29, 1.82) is 0 Å². The molecule has 0 N–H and O–H groups in total. The van der Waals surface area contributed by atoms with Crippen molar-refractivity contribution in [2.75, 3.05) is 12.3 Å². The number of hydrogen-bond donors (Lipinski definition) is 0. The van der Waals surface area contributed by atoms with E-state index in [1.165, 1.54) is 28.0 Å². The van der Waals surface area contributed by atoms with Gasteiger partial charge in [0.1, 0.15) is 4.70 Å². The predicted molar refractivity (Wildman–Crippen MR) is 102 cm³/mol. The van der Waals surface area contributed by atoms with E-state index in [0.29, 0.717) is 45.2 Å². The topological polar surface area (TPSA) is 72.3 Å². The average Bonchev–Trinajstić information content (AvgIpc) is 3.21. The standard InChI is InChI=1S/C18H15N3O3S2/c1-20-17(24)14-13(7-10-25-14)19-18(20)26-9-4-8-21-15(22)11-5-2-3-6-12(11)16(21)23/h2-3,5-7,10H,4,8-9H2,1H3. The number of hydrogen-bond acceptors (Lipinski definition) is 6. The van der Waals surface area contributed by atoms with Crippen LogP contribution in [0.4, 0.5) is 0 Å². The Balaban J connectivity index is 1.41. The first-order valence-electron chi connectivity index (χ1n) is 8.10. The molecule has 4 rings (SSSR count). The Morgan fingerprint density at radius 3 is 2.46 bits per heavy atom. The summed E-state index contributed by atoms with van der Waals surface area (Å²) in [5, 5.41) is 2.50. The first-order chi connectivity index (χ1) is 12.6. The number of nitrogens with zero attached hydrogens (tertiary/aromatic N) is 3. The first kappa shape index (κ1) is 17.0. The van der Waals surface area contributed by atoms with Gasteiger partial charge in [0.05, 0.1) is 16.6 Å². The van der Waals surface area contributed by atoms with Crippen molar-refractivity contribution in [3.05, 3.63) is 57.2 Å². The van der Waals surface area contributed by atoms with Crippen LogP contribution in [0.1, 0.15) is 27.1 Å². The van der Waals surface area contributed by atoms with Crippen LogP contribution < -0.4 is 5.56 Å². The van der Waals surface area contributed by atoms with E-state index in [-0.39, 0.29) is 17.4 Å². The van der Waals surface area contributed by atoms with E-state index in [2.05, 4.69) is 4.98 Å². The van der Waals surface area contributed by atoms with E-state index >= 15 is 0 Å². The van der Waals surface area contributed by atoms with Crippen molar-refractivity contribution in [3.8, 4) is 0 Å². The number of thioether (sulfide) groups is 1. The van der Waals surface area contributed by atoms with Crippen LogP contribution in [0.5, 0.6) is 0 Å². The summed E-state index contributed by atoms with van der Waals surface area (Å²) in [4.78, 5) is 42.8. The number of thiophene rings is 1. The van der Waals surface area contributed by atoms with Gasteiger partial charge in [-0.05, 0) is 30.0 Å². The fourth-order valence-electron chi connectivity index (χ4n) is 2.93. The van der Waals surface area contributed by atoms with Gasteiger partial charge >= 0.3 is 0 Å². The molecule has 0 unspecified atom stereocenters. The number of amides is 2. The van der Waals surface area contributed by atoms with Crippen molar-refractivity contribution in [1.82, 2.24) is 14.5 Å². The third-order valence-corrected chi connectivity index (χ3v) is 6.29. The minimum absolute atomic E-state index is 0.0483. The van der Waals surface area contributed by atoms with E-state index in [0.717, 1.165) is 0 Å². The van der Waals surface area contributed by atoms with E-state index < -0.39 is 0 Å². The van der Waals surface area contributed by atoms with Crippen LogP contribution >= 0.6 is 23.1 Å². The third kappa shape index (κ3) is 2.75. The molecular weight excluding hydrogens is 370 g/mol. The Labute approximate surface area is 157 Å². The highest BCUT2D eigenvalue weighted by atomic mass is 32.2. The Hall–Kier alpha value is -2.45. The molecule has 0 saturated heterocycles. The summed E-state index contributed by atoms with van der Waals surface area (Å²) in [5.74, 6) is 0.185. The van der Waals surface area contributed by atoms with Crippen molar-refractivity contribution in [3.63, 3.8) is 0 Å². The van der Waals surface area contributed by atoms with Crippen LogP contribution in [-0.2, 0) is 7.05 Å². The fraction of sp³-hybridized carbons (Fsp3) is 0.222. The Morgan fingerprint density at radius 1 is 1.08 bits per heavy atom. The van der Waals surface area contributed by atoms with Crippen LogP contribution in [0.15, 0.2) is 45.7 Å². The van der Waals surface area contributed by atoms with Gasteiger partial charge in [-0.25, -0.2) is 4.98 Å². The maximum atomic E-state index is 12.3. The van der Waals surface area contributed by atoms with Crippen molar-refractivity contribution in [2.24, 2.45) is 7.05 Å². The lowest BCUT2D eigenvalue weighted by Gasteiger charge is -2.13.